The van der Waals surface area contributed by atoms with Crippen molar-refractivity contribution in [2.24, 2.45) is 0 Å². The van der Waals surface area contributed by atoms with Gasteiger partial charge < -0.3 is 4.80 Å². The molecule has 0 aromatic heterocycles. The Bertz CT molecular complexity index is 202. The van der Waals surface area contributed by atoms with Crippen LogP contribution < -0.4 is 0 Å². The van der Waals surface area contributed by atoms with E-state index in [0.29, 0.717) is 5.12 Å². The fourth-order valence-corrected chi connectivity index (χ4v) is 3.74. The zero-order valence-corrected chi connectivity index (χ0v) is 13.4. The predicted molar refractivity (Wildman–Crippen MR) is 80.0 cm³/mol. The monoisotopic (exact) mass is 276 g/mol. The topological polar surface area (TPSA) is 37.3 Å². The number of unbranched alkanes of at least 4 members (excludes halogenated alkanes) is 4. The smallest absolute Gasteiger partial charge is 0.188 e. The van der Waals surface area contributed by atoms with Crippen LogP contribution >= 0.6 is 11.8 Å². The third-order valence-corrected chi connectivity index (χ3v) is 5.28. The normalized spacial score (nSPS) is 11.8. The summed E-state index contributed by atoms with van der Waals surface area (Å²) >= 11 is 1.45. The molecule has 4 heteroatoms. The van der Waals surface area contributed by atoms with Crippen LogP contribution in [0.2, 0.25) is 19.1 Å². The fourth-order valence-electron chi connectivity index (χ4n) is 1.64. The van der Waals surface area contributed by atoms with Crippen LogP contribution in [0.5, 0.6) is 0 Å². The van der Waals surface area contributed by atoms with Gasteiger partial charge in [-0.3, -0.25) is 4.79 Å². The summed E-state index contributed by atoms with van der Waals surface area (Å²) in [6, 6.07) is 0.907. The lowest BCUT2D eigenvalue weighted by Crippen LogP contribution is -2.24. The molecular formula is C13H28O2SSi. The molecule has 17 heavy (non-hydrogen) atoms. The Hall–Kier alpha value is 0.197. The van der Waals surface area contributed by atoms with E-state index in [9.17, 15) is 9.59 Å². The van der Waals surface area contributed by atoms with Crippen LogP contribution in [-0.4, -0.2) is 24.0 Å². The number of carbonyl (C=O) groups is 1. The van der Waals surface area contributed by atoms with Crippen molar-refractivity contribution >= 4 is 25.2 Å². The highest BCUT2D eigenvalue weighted by molar-refractivity contribution is 8.13. The van der Waals surface area contributed by atoms with Gasteiger partial charge in [0.05, 0.1) is 0 Å². The number of hydrogen-bond acceptors (Lipinski definition) is 3. The van der Waals surface area contributed by atoms with Crippen molar-refractivity contribution < 1.29 is 9.59 Å². The molecule has 1 N–H and O–H groups in total. The second-order valence-corrected chi connectivity index (χ2v) is 10.6. The third kappa shape index (κ3) is 14.1. The minimum atomic E-state index is -1.89. The fraction of sp³-hybridized carbons (Fsp3) is 0.923. The second-order valence-electron chi connectivity index (χ2n) is 5.30. The van der Waals surface area contributed by atoms with Crippen molar-refractivity contribution in [1.29, 1.82) is 0 Å². The zero-order chi connectivity index (χ0) is 13.1. The second kappa shape index (κ2) is 10.2. The minimum absolute atomic E-state index is 0.332. The molecule has 0 spiro atoms. The largest absolute Gasteiger partial charge is 0.432 e. The van der Waals surface area contributed by atoms with Gasteiger partial charge in [0.15, 0.2) is 13.4 Å². The van der Waals surface area contributed by atoms with Gasteiger partial charge in [0.1, 0.15) is 0 Å². The number of thioether (sulfide) groups is 1. The highest BCUT2D eigenvalue weighted by Gasteiger charge is 2.15. The molecule has 0 aromatic rings. The maximum absolute atomic E-state index is 11.5. The molecule has 0 bridgehead atoms. The molecule has 0 heterocycles. The van der Waals surface area contributed by atoms with E-state index >= 15 is 0 Å². The summed E-state index contributed by atoms with van der Waals surface area (Å²) in [5.74, 6) is 0.880. The van der Waals surface area contributed by atoms with Crippen molar-refractivity contribution in [1.82, 2.24) is 0 Å². The molecule has 0 unspecified atom stereocenters. The van der Waals surface area contributed by atoms with Gasteiger partial charge in [0.25, 0.3) is 0 Å². The molecular weight excluding hydrogens is 248 g/mol. The van der Waals surface area contributed by atoms with Crippen molar-refractivity contribution in [3.8, 4) is 0 Å². The first-order valence-corrected chi connectivity index (χ1v) is 11.0. The SMILES string of the molecule is CCCCCCCC(=O)SCCC[Si](C)(C)O. The van der Waals surface area contributed by atoms with Gasteiger partial charge in [-0.1, -0.05) is 44.4 Å². The molecule has 0 fully saturated rings. The standard InChI is InChI=1S/C13H28O2SSi/c1-4-5-6-7-8-10-13(14)16-11-9-12-17(2,3)15/h15H,4-12H2,1-3H3. The molecule has 0 rings (SSSR count). The minimum Gasteiger partial charge on any atom is -0.432 e. The van der Waals surface area contributed by atoms with E-state index < -0.39 is 8.32 Å². The van der Waals surface area contributed by atoms with E-state index in [1.807, 2.05) is 13.1 Å². The van der Waals surface area contributed by atoms with Gasteiger partial charge in [-0.15, -0.1) is 0 Å². The number of rotatable bonds is 10. The Morgan fingerprint density at radius 3 is 2.35 bits per heavy atom. The van der Waals surface area contributed by atoms with Crippen LogP contribution in [0.15, 0.2) is 0 Å². The van der Waals surface area contributed by atoms with Crippen LogP contribution in [0.3, 0.4) is 0 Å². The predicted octanol–water partition coefficient (Wildman–Crippen LogP) is 4.19. The molecule has 0 amide bonds. The Balaban J connectivity index is 3.29. The van der Waals surface area contributed by atoms with E-state index in [-0.39, 0.29) is 0 Å². The average Bonchev–Trinajstić information content (AvgIpc) is 2.23. The van der Waals surface area contributed by atoms with Crippen LogP contribution in [-0.2, 0) is 4.79 Å². The molecule has 0 aliphatic carbocycles. The Labute approximate surface area is 112 Å². The molecule has 0 aliphatic rings. The first-order valence-electron chi connectivity index (χ1n) is 6.83. The van der Waals surface area contributed by atoms with Gasteiger partial charge in [0, 0.05) is 12.2 Å². The molecule has 0 aliphatic heterocycles. The van der Waals surface area contributed by atoms with E-state index in [2.05, 4.69) is 6.92 Å². The van der Waals surface area contributed by atoms with E-state index in [4.69, 9.17) is 0 Å². The lowest BCUT2D eigenvalue weighted by Gasteiger charge is -2.12. The van der Waals surface area contributed by atoms with E-state index in [1.54, 1.807) is 0 Å². The highest BCUT2D eigenvalue weighted by Crippen LogP contribution is 2.15. The Morgan fingerprint density at radius 2 is 1.76 bits per heavy atom. The highest BCUT2D eigenvalue weighted by atomic mass is 32.2. The molecule has 102 valence electrons. The third-order valence-electron chi connectivity index (χ3n) is 2.68. The van der Waals surface area contributed by atoms with Gasteiger partial charge in [-0.2, -0.15) is 0 Å². The summed E-state index contributed by atoms with van der Waals surface area (Å²) in [5, 5.41) is 0.332. The molecule has 0 aromatic carbocycles. The van der Waals surface area contributed by atoms with Crippen LogP contribution in [0, 0.1) is 0 Å². The van der Waals surface area contributed by atoms with Crippen molar-refractivity contribution in [3.63, 3.8) is 0 Å². The number of carbonyl (C=O) groups excluding carboxylic acids is 1. The summed E-state index contributed by atoms with van der Waals surface area (Å²) < 4.78 is 0. The summed E-state index contributed by atoms with van der Waals surface area (Å²) in [4.78, 5) is 21.2. The molecule has 0 saturated carbocycles. The van der Waals surface area contributed by atoms with Crippen LogP contribution in [0.4, 0.5) is 0 Å². The molecule has 0 radical (unpaired) electrons. The van der Waals surface area contributed by atoms with Crippen molar-refractivity contribution in [2.45, 2.75) is 71.0 Å². The lowest BCUT2D eigenvalue weighted by molar-refractivity contribution is -0.111. The maximum Gasteiger partial charge on any atom is 0.188 e. The van der Waals surface area contributed by atoms with Gasteiger partial charge in [-0.05, 0) is 32.0 Å². The lowest BCUT2D eigenvalue weighted by atomic mass is 10.1. The molecule has 0 atom stereocenters. The maximum atomic E-state index is 11.5. The first kappa shape index (κ1) is 17.2. The zero-order valence-electron chi connectivity index (χ0n) is 11.6. The quantitative estimate of drug-likeness (QED) is 0.480. The van der Waals surface area contributed by atoms with Gasteiger partial charge in [0.2, 0.25) is 0 Å². The number of hydrogen-bond donors (Lipinski definition) is 1. The van der Waals surface area contributed by atoms with Crippen molar-refractivity contribution in [3.05, 3.63) is 0 Å². The summed E-state index contributed by atoms with van der Waals surface area (Å²) in [5.41, 5.74) is 0. The van der Waals surface area contributed by atoms with E-state index in [0.717, 1.165) is 31.1 Å². The summed E-state index contributed by atoms with van der Waals surface area (Å²) in [6.45, 7) is 6.10. The van der Waals surface area contributed by atoms with Gasteiger partial charge in [-0.25, -0.2) is 0 Å². The van der Waals surface area contributed by atoms with E-state index in [1.165, 1.54) is 37.4 Å². The Kier molecular flexibility index (Phi) is 10.3. The summed E-state index contributed by atoms with van der Waals surface area (Å²) in [6.07, 6.45) is 7.75. The van der Waals surface area contributed by atoms with Crippen LogP contribution in [0.25, 0.3) is 0 Å². The van der Waals surface area contributed by atoms with Crippen molar-refractivity contribution in [2.75, 3.05) is 5.75 Å². The molecule has 2 nitrogen and oxygen atoms in total. The Morgan fingerprint density at radius 1 is 1.12 bits per heavy atom. The first-order chi connectivity index (χ1) is 7.95. The van der Waals surface area contributed by atoms with Crippen LogP contribution in [0.1, 0.15) is 51.9 Å². The summed E-state index contributed by atoms with van der Waals surface area (Å²) in [7, 11) is -1.89. The molecule has 0 saturated heterocycles. The van der Waals surface area contributed by atoms with Gasteiger partial charge >= 0.3 is 0 Å². The average molecular weight is 277 g/mol.